The highest BCUT2D eigenvalue weighted by Crippen LogP contribution is 2.26. The first-order chi connectivity index (χ1) is 7.33. The van der Waals surface area contributed by atoms with Gasteiger partial charge in [-0.3, -0.25) is 0 Å². The third-order valence-electron chi connectivity index (χ3n) is 2.83. The Labute approximate surface area is 96.6 Å². The smallest absolute Gasteiger partial charge is 0.0915 e. The summed E-state index contributed by atoms with van der Waals surface area (Å²) in [5, 5.41) is 3.58. The van der Waals surface area contributed by atoms with Crippen LogP contribution >= 0.6 is 11.7 Å². The molecule has 1 aromatic rings. The Morgan fingerprint density at radius 3 is 2.53 bits per heavy atom. The van der Waals surface area contributed by atoms with E-state index >= 15 is 0 Å². The van der Waals surface area contributed by atoms with Crippen LogP contribution in [0.3, 0.4) is 0 Å². The van der Waals surface area contributed by atoms with Crippen LogP contribution in [0.25, 0.3) is 0 Å². The highest BCUT2D eigenvalue weighted by molar-refractivity contribution is 6.99. The molecule has 0 aromatic carbocycles. The Morgan fingerprint density at radius 2 is 2.07 bits per heavy atom. The first-order valence-electron chi connectivity index (χ1n) is 5.84. The van der Waals surface area contributed by atoms with Crippen LogP contribution in [0.1, 0.15) is 51.8 Å². The molecule has 0 fully saturated rings. The monoisotopic (exact) mass is 227 g/mol. The zero-order valence-electron chi connectivity index (χ0n) is 9.86. The van der Waals surface area contributed by atoms with Gasteiger partial charge in [-0.15, -0.1) is 0 Å². The molecule has 1 unspecified atom stereocenters. The molecule has 0 radical (unpaired) electrons. The summed E-state index contributed by atoms with van der Waals surface area (Å²) in [6.07, 6.45) is 5.44. The second-order valence-corrected chi connectivity index (χ2v) is 4.40. The molecule has 1 aromatic heterocycles. The van der Waals surface area contributed by atoms with Gasteiger partial charge in [-0.1, -0.05) is 33.6 Å². The van der Waals surface area contributed by atoms with E-state index in [1.807, 2.05) is 6.20 Å². The van der Waals surface area contributed by atoms with Crippen LogP contribution in [0.2, 0.25) is 0 Å². The van der Waals surface area contributed by atoms with Crippen molar-refractivity contribution in [1.29, 1.82) is 0 Å². The predicted molar refractivity (Wildman–Crippen MR) is 65.0 cm³/mol. The van der Waals surface area contributed by atoms with Crippen molar-refractivity contribution >= 4 is 11.7 Å². The van der Waals surface area contributed by atoms with Crippen molar-refractivity contribution in [3.63, 3.8) is 0 Å². The third-order valence-corrected chi connectivity index (χ3v) is 3.32. The van der Waals surface area contributed by atoms with Gasteiger partial charge in [0.2, 0.25) is 0 Å². The van der Waals surface area contributed by atoms with Crippen LogP contribution in [0.15, 0.2) is 6.20 Å². The van der Waals surface area contributed by atoms with Gasteiger partial charge in [0.25, 0.3) is 0 Å². The largest absolute Gasteiger partial charge is 0.308 e. The molecular formula is C11H21N3S. The number of nitrogens with zero attached hydrogens (tertiary/aromatic N) is 2. The lowest BCUT2D eigenvalue weighted by atomic mass is 9.92. The summed E-state index contributed by atoms with van der Waals surface area (Å²) in [5.74, 6) is 0.667. The lowest BCUT2D eigenvalue weighted by Crippen LogP contribution is -2.28. The summed E-state index contributed by atoms with van der Waals surface area (Å²) in [6.45, 7) is 7.73. The standard InChI is InChI=1S/C11H21N3S/c1-4-7-12-11(9(5-2)6-3)10-8-13-15-14-10/h8-9,11-12H,4-7H2,1-3H3. The van der Waals surface area contributed by atoms with Gasteiger partial charge in [0, 0.05) is 0 Å². The van der Waals surface area contributed by atoms with E-state index in [0.29, 0.717) is 12.0 Å². The minimum atomic E-state index is 0.388. The Hall–Kier alpha value is -0.480. The van der Waals surface area contributed by atoms with E-state index in [4.69, 9.17) is 0 Å². The Kier molecular flexibility index (Phi) is 5.79. The van der Waals surface area contributed by atoms with Crippen molar-refractivity contribution in [2.24, 2.45) is 5.92 Å². The summed E-state index contributed by atoms with van der Waals surface area (Å²) < 4.78 is 8.45. The highest BCUT2D eigenvalue weighted by atomic mass is 32.1. The molecule has 0 saturated carbocycles. The molecule has 86 valence electrons. The van der Waals surface area contributed by atoms with E-state index in [1.54, 1.807) is 0 Å². The minimum absolute atomic E-state index is 0.388. The van der Waals surface area contributed by atoms with Crippen molar-refractivity contribution in [2.45, 2.75) is 46.1 Å². The maximum Gasteiger partial charge on any atom is 0.0915 e. The van der Waals surface area contributed by atoms with Crippen molar-refractivity contribution in [3.8, 4) is 0 Å². The summed E-state index contributed by atoms with van der Waals surface area (Å²) in [4.78, 5) is 0. The Morgan fingerprint density at radius 1 is 1.33 bits per heavy atom. The van der Waals surface area contributed by atoms with Gasteiger partial charge in [-0.05, 0) is 18.9 Å². The van der Waals surface area contributed by atoms with E-state index in [-0.39, 0.29) is 0 Å². The van der Waals surface area contributed by atoms with Gasteiger partial charge >= 0.3 is 0 Å². The Balaban J connectivity index is 2.68. The van der Waals surface area contributed by atoms with Gasteiger partial charge < -0.3 is 5.32 Å². The van der Waals surface area contributed by atoms with E-state index in [2.05, 4.69) is 34.8 Å². The van der Waals surface area contributed by atoms with Gasteiger partial charge in [0.05, 0.1) is 29.7 Å². The fourth-order valence-electron chi connectivity index (χ4n) is 1.88. The van der Waals surface area contributed by atoms with E-state index in [0.717, 1.165) is 18.7 Å². The quantitative estimate of drug-likeness (QED) is 0.778. The molecule has 0 amide bonds. The molecule has 0 aliphatic carbocycles. The molecule has 0 aliphatic heterocycles. The summed E-state index contributed by atoms with van der Waals surface area (Å²) in [7, 11) is 0. The third kappa shape index (κ3) is 3.54. The van der Waals surface area contributed by atoms with Crippen LogP contribution in [-0.2, 0) is 0 Å². The number of rotatable bonds is 7. The number of hydrogen-bond acceptors (Lipinski definition) is 4. The average Bonchev–Trinajstić information content (AvgIpc) is 2.77. The average molecular weight is 227 g/mol. The molecule has 0 aliphatic rings. The van der Waals surface area contributed by atoms with E-state index < -0.39 is 0 Å². The van der Waals surface area contributed by atoms with Gasteiger partial charge in [0.15, 0.2) is 0 Å². The predicted octanol–water partition coefficient (Wildman–Crippen LogP) is 3.02. The molecule has 0 saturated heterocycles. The molecule has 0 bridgehead atoms. The van der Waals surface area contributed by atoms with Crippen LogP contribution < -0.4 is 5.32 Å². The number of nitrogens with one attached hydrogen (secondary N) is 1. The zero-order chi connectivity index (χ0) is 11.1. The van der Waals surface area contributed by atoms with Crippen LogP contribution in [0.5, 0.6) is 0 Å². The van der Waals surface area contributed by atoms with Crippen LogP contribution in [-0.4, -0.2) is 15.3 Å². The maximum atomic E-state index is 4.35. The van der Waals surface area contributed by atoms with Gasteiger partial charge in [-0.2, -0.15) is 8.75 Å². The fraction of sp³-hybridized carbons (Fsp3) is 0.818. The SMILES string of the molecule is CCCNC(c1cnsn1)C(CC)CC. The minimum Gasteiger partial charge on any atom is -0.308 e. The summed E-state index contributed by atoms with van der Waals surface area (Å²) >= 11 is 1.30. The van der Waals surface area contributed by atoms with Crippen molar-refractivity contribution in [3.05, 3.63) is 11.9 Å². The number of aromatic nitrogens is 2. The van der Waals surface area contributed by atoms with Crippen molar-refractivity contribution in [2.75, 3.05) is 6.54 Å². The molecule has 4 heteroatoms. The molecule has 1 rings (SSSR count). The molecule has 0 spiro atoms. The van der Waals surface area contributed by atoms with Crippen LogP contribution in [0, 0.1) is 5.92 Å². The highest BCUT2D eigenvalue weighted by Gasteiger charge is 2.21. The molecule has 3 nitrogen and oxygen atoms in total. The first kappa shape index (κ1) is 12.6. The Bertz CT molecular complexity index is 244. The lowest BCUT2D eigenvalue weighted by molar-refractivity contribution is 0.337. The number of hydrogen-bond donors (Lipinski definition) is 1. The molecule has 1 heterocycles. The van der Waals surface area contributed by atoms with Crippen molar-refractivity contribution < 1.29 is 0 Å². The lowest BCUT2D eigenvalue weighted by Gasteiger charge is -2.24. The fourth-order valence-corrected chi connectivity index (χ4v) is 2.34. The maximum absolute atomic E-state index is 4.35. The molecule has 1 N–H and O–H groups in total. The topological polar surface area (TPSA) is 37.8 Å². The van der Waals surface area contributed by atoms with Crippen LogP contribution in [0.4, 0.5) is 0 Å². The first-order valence-corrected chi connectivity index (χ1v) is 6.57. The second kappa shape index (κ2) is 6.90. The van der Waals surface area contributed by atoms with Gasteiger partial charge in [-0.25, -0.2) is 0 Å². The molecule has 15 heavy (non-hydrogen) atoms. The van der Waals surface area contributed by atoms with E-state index in [9.17, 15) is 0 Å². The summed E-state index contributed by atoms with van der Waals surface area (Å²) in [5.41, 5.74) is 1.11. The second-order valence-electron chi connectivity index (χ2n) is 3.84. The molecule has 1 atom stereocenters. The van der Waals surface area contributed by atoms with Gasteiger partial charge in [0.1, 0.15) is 0 Å². The molecular weight excluding hydrogens is 206 g/mol. The van der Waals surface area contributed by atoms with E-state index in [1.165, 1.54) is 24.6 Å². The zero-order valence-corrected chi connectivity index (χ0v) is 10.7. The summed E-state index contributed by atoms with van der Waals surface area (Å²) in [6, 6.07) is 0.388. The normalized spacial score (nSPS) is 13.3. The van der Waals surface area contributed by atoms with Crippen molar-refractivity contribution in [1.82, 2.24) is 14.1 Å².